The quantitative estimate of drug-likeness (QED) is 0.0633. The van der Waals surface area contributed by atoms with E-state index in [-0.39, 0.29) is 44.9 Å². The molecule has 1 aliphatic rings. The molecule has 6 aromatic rings. The fraction of sp³-hybridized carbons (Fsp3) is 0.158. The molecule has 14 nitrogen and oxygen atoms in total. The van der Waals surface area contributed by atoms with Gasteiger partial charge in [0.2, 0.25) is 0 Å². The summed E-state index contributed by atoms with van der Waals surface area (Å²) in [6.07, 6.45) is 3.66. The number of benzene rings is 6. The molecule has 6 aromatic carbocycles. The van der Waals surface area contributed by atoms with Crippen LogP contribution in [0, 0.1) is 0 Å². The maximum atomic E-state index is 12.1. The second kappa shape index (κ2) is 14.1. The van der Waals surface area contributed by atoms with Gasteiger partial charge in [-0.15, -0.1) is 10.2 Å². The molecule has 0 heterocycles. The molecule has 0 spiro atoms. The van der Waals surface area contributed by atoms with Gasteiger partial charge >= 0.3 is 0 Å². The van der Waals surface area contributed by atoms with E-state index in [1.54, 1.807) is 24.3 Å². The molecule has 0 bridgehead atoms. The van der Waals surface area contributed by atoms with Crippen molar-refractivity contribution in [3.63, 3.8) is 0 Å². The van der Waals surface area contributed by atoms with E-state index in [2.05, 4.69) is 20.5 Å². The van der Waals surface area contributed by atoms with Crippen molar-refractivity contribution < 1.29 is 46.4 Å². The van der Waals surface area contributed by atoms with Gasteiger partial charge in [-0.3, -0.25) is 9.11 Å². The van der Waals surface area contributed by atoms with Crippen molar-refractivity contribution in [2.24, 2.45) is 20.5 Å². The molecule has 0 atom stereocenters. The van der Waals surface area contributed by atoms with E-state index in [0.717, 1.165) is 48.9 Å². The fourth-order valence-electron chi connectivity index (χ4n) is 6.85. The highest BCUT2D eigenvalue weighted by atomic mass is 32.2. The first-order valence-corrected chi connectivity index (χ1v) is 19.5. The molecule has 1 aliphatic carbocycles. The lowest BCUT2D eigenvalue weighted by atomic mass is 9.76. The van der Waals surface area contributed by atoms with Gasteiger partial charge < -0.3 is 20.4 Å². The van der Waals surface area contributed by atoms with Gasteiger partial charge in [0.15, 0.2) is 11.5 Å². The Morgan fingerprint density at radius 3 is 1.15 bits per heavy atom. The summed E-state index contributed by atoms with van der Waals surface area (Å²) in [5.74, 6) is -0.817. The number of phenols is 4. The molecule has 7 rings (SSSR count). The Hall–Kier alpha value is -5.94. The van der Waals surface area contributed by atoms with Gasteiger partial charge in [-0.05, 0) is 120 Å². The molecular weight excluding hydrogens is 737 g/mol. The maximum absolute atomic E-state index is 12.1. The van der Waals surface area contributed by atoms with Gasteiger partial charge in [-0.2, -0.15) is 27.1 Å². The first-order chi connectivity index (χ1) is 25.7. The summed E-state index contributed by atoms with van der Waals surface area (Å²) < 4.78 is 67.9. The van der Waals surface area contributed by atoms with Crippen LogP contribution in [0.25, 0.3) is 21.5 Å². The standard InChI is InChI=1S/C38H32N4O10S2/c43-29-15-9-25-17-33(53(47,48)49)35(37(45)31(25)19-29)41-39-27-11-5-23(6-12-27)21-1-2-22(4-3-21)24-7-13-28(14-8-24)40-42-36-34(54(50,51)52)18-26-10-16-30(44)20-32(26)38(36)46/h5-22,43-46H,1-4H2,(H,47,48,49)(H,50,51,52). The van der Waals surface area contributed by atoms with Gasteiger partial charge in [0.05, 0.1) is 11.4 Å². The number of hydrogen-bond donors (Lipinski definition) is 6. The van der Waals surface area contributed by atoms with Crippen molar-refractivity contribution >= 4 is 64.5 Å². The predicted octanol–water partition coefficient (Wildman–Crippen LogP) is 9.58. The van der Waals surface area contributed by atoms with E-state index in [9.17, 15) is 46.4 Å². The summed E-state index contributed by atoms with van der Waals surface area (Å²) in [7, 11) is -9.53. The van der Waals surface area contributed by atoms with Gasteiger partial charge in [-0.1, -0.05) is 36.4 Å². The van der Waals surface area contributed by atoms with Crippen LogP contribution in [0.4, 0.5) is 22.7 Å². The van der Waals surface area contributed by atoms with E-state index >= 15 is 0 Å². The third kappa shape index (κ3) is 7.45. The Morgan fingerprint density at radius 2 is 0.815 bits per heavy atom. The Labute approximate surface area is 308 Å². The summed E-state index contributed by atoms with van der Waals surface area (Å²) >= 11 is 0. The molecule has 1 fully saturated rings. The van der Waals surface area contributed by atoms with Crippen LogP contribution in [-0.2, 0) is 20.2 Å². The molecule has 0 saturated heterocycles. The topological polar surface area (TPSA) is 239 Å². The van der Waals surface area contributed by atoms with Crippen LogP contribution in [0.5, 0.6) is 23.0 Å². The highest BCUT2D eigenvalue weighted by Gasteiger charge is 2.25. The number of phenolic OH excluding ortho intramolecular Hbond substituents is 4. The minimum Gasteiger partial charge on any atom is -0.508 e. The number of hydrogen-bond acceptors (Lipinski definition) is 12. The van der Waals surface area contributed by atoms with Crippen LogP contribution < -0.4 is 0 Å². The lowest BCUT2D eigenvalue weighted by Gasteiger charge is -2.29. The van der Waals surface area contributed by atoms with E-state index in [1.165, 1.54) is 36.4 Å². The second-order valence-corrected chi connectivity index (χ2v) is 15.8. The fourth-order valence-corrected chi connectivity index (χ4v) is 8.16. The van der Waals surface area contributed by atoms with Gasteiger partial charge in [-0.25, -0.2) is 0 Å². The molecule has 0 amide bonds. The van der Waals surface area contributed by atoms with E-state index in [4.69, 9.17) is 0 Å². The zero-order valence-electron chi connectivity index (χ0n) is 28.1. The summed E-state index contributed by atoms with van der Waals surface area (Å²) in [6, 6.07) is 24.9. The summed E-state index contributed by atoms with van der Waals surface area (Å²) in [4.78, 5) is -1.24. The van der Waals surface area contributed by atoms with Crippen LogP contribution in [0.1, 0.15) is 48.6 Å². The molecule has 0 aromatic heterocycles. The largest absolute Gasteiger partial charge is 0.508 e. The van der Waals surface area contributed by atoms with Crippen molar-refractivity contribution in [2.45, 2.75) is 47.3 Å². The van der Waals surface area contributed by atoms with Crippen LogP contribution in [-0.4, -0.2) is 46.4 Å². The van der Waals surface area contributed by atoms with Crippen LogP contribution in [0.2, 0.25) is 0 Å². The Balaban J connectivity index is 1.02. The average molecular weight is 769 g/mol. The van der Waals surface area contributed by atoms with Gasteiger partial charge in [0.25, 0.3) is 20.2 Å². The Kier molecular flexibility index (Phi) is 9.53. The highest BCUT2D eigenvalue weighted by molar-refractivity contribution is 7.86. The predicted molar refractivity (Wildman–Crippen MR) is 199 cm³/mol. The SMILES string of the molecule is O=S(=O)(O)c1cc2ccc(O)cc2c(O)c1N=Nc1ccc(C2CCC(c3ccc(N=Nc4c(S(=O)(=O)O)cc5ccc(O)cc5c4O)cc3)CC2)cc1. The smallest absolute Gasteiger partial charge is 0.296 e. The normalized spacial score (nSPS) is 16.9. The first-order valence-electron chi connectivity index (χ1n) is 16.6. The number of aromatic hydroxyl groups is 4. The van der Waals surface area contributed by atoms with Gasteiger partial charge in [0, 0.05) is 10.8 Å². The third-order valence-electron chi connectivity index (χ3n) is 9.62. The number of fused-ring (bicyclic) bond motifs is 2. The molecule has 0 radical (unpaired) electrons. The zero-order chi connectivity index (χ0) is 38.4. The van der Waals surface area contributed by atoms with Gasteiger partial charge in [0.1, 0.15) is 32.7 Å². The molecule has 54 heavy (non-hydrogen) atoms. The molecule has 16 heteroatoms. The van der Waals surface area contributed by atoms with Crippen molar-refractivity contribution in [3.8, 4) is 23.0 Å². The van der Waals surface area contributed by atoms with Crippen LogP contribution in [0.15, 0.2) is 127 Å². The minimum absolute atomic E-state index is 0.141. The summed E-state index contributed by atoms with van der Waals surface area (Å²) in [6.45, 7) is 0. The molecule has 6 N–H and O–H groups in total. The third-order valence-corrected chi connectivity index (χ3v) is 11.3. The number of nitrogens with zero attached hydrogens (tertiary/aromatic N) is 4. The van der Waals surface area contributed by atoms with Crippen LogP contribution >= 0.6 is 0 Å². The molecule has 0 aliphatic heterocycles. The van der Waals surface area contributed by atoms with E-state index in [0.29, 0.717) is 11.4 Å². The van der Waals surface area contributed by atoms with E-state index in [1.807, 2.05) is 24.3 Å². The average Bonchev–Trinajstić information content (AvgIpc) is 3.14. The minimum atomic E-state index is -4.76. The number of rotatable bonds is 8. The first kappa shape index (κ1) is 36.4. The number of azo groups is 2. The lowest BCUT2D eigenvalue weighted by molar-refractivity contribution is 0.396. The molecule has 0 unspecified atom stereocenters. The lowest BCUT2D eigenvalue weighted by Crippen LogP contribution is -2.12. The van der Waals surface area contributed by atoms with Crippen molar-refractivity contribution in [2.75, 3.05) is 0 Å². The Morgan fingerprint density at radius 1 is 0.463 bits per heavy atom. The van der Waals surface area contributed by atoms with Crippen LogP contribution in [0.3, 0.4) is 0 Å². The summed E-state index contributed by atoms with van der Waals surface area (Å²) in [5.41, 5.74) is 2.08. The van der Waals surface area contributed by atoms with Crippen molar-refractivity contribution in [1.82, 2.24) is 0 Å². The second-order valence-electron chi connectivity index (χ2n) is 13.0. The molecule has 1 saturated carbocycles. The zero-order valence-corrected chi connectivity index (χ0v) is 29.8. The van der Waals surface area contributed by atoms with E-state index < -0.39 is 52.9 Å². The maximum Gasteiger partial charge on any atom is 0.296 e. The molecule has 276 valence electrons. The monoisotopic (exact) mass is 768 g/mol. The van der Waals surface area contributed by atoms with Crippen molar-refractivity contribution in [3.05, 3.63) is 108 Å². The van der Waals surface area contributed by atoms with Crippen molar-refractivity contribution in [1.29, 1.82) is 0 Å². The highest BCUT2D eigenvalue weighted by Crippen LogP contribution is 2.45. The molecular formula is C38H32N4O10S2. The Bertz CT molecular complexity index is 2520. The summed E-state index contributed by atoms with van der Waals surface area (Å²) in [5, 5.41) is 58.2.